The lowest BCUT2D eigenvalue weighted by atomic mass is 9.86. The zero-order valence-corrected chi connectivity index (χ0v) is 15.8. The summed E-state index contributed by atoms with van der Waals surface area (Å²) in [6, 6.07) is 8.22. The minimum absolute atomic E-state index is 0.0757. The molecule has 2 saturated heterocycles. The second kappa shape index (κ2) is 7.63. The summed E-state index contributed by atoms with van der Waals surface area (Å²) in [6.45, 7) is 3.52. The van der Waals surface area contributed by atoms with Crippen LogP contribution in [0.4, 0.5) is 0 Å². The largest absolute Gasteiger partial charge is 0.508 e. The van der Waals surface area contributed by atoms with Crippen molar-refractivity contribution in [3.8, 4) is 5.75 Å². The van der Waals surface area contributed by atoms with E-state index in [1.807, 2.05) is 17.2 Å². The summed E-state index contributed by atoms with van der Waals surface area (Å²) in [4.78, 5) is 29.7. The van der Waals surface area contributed by atoms with E-state index in [-0.39, 0.29) is 17.6 Å². The molecule has 2 aromatic rings. The summed E-state index contributed by atoms with van der Waals surface area (Å²) >= 11 is 0. The monoisotopic (exact) mass is 383 g/mol. The molecular formula is C20H25N5O3. The third-order valence-corrected chi connectivity index (χ3v) is 5.72. The molecule has 0 radical (unpaired) electrons. The summed E-state index contributed by atoms with van der Waals surface area (Å²) in [5.74, 6) is 0.0422. The Morgan fingerprint density at radius 1 is 1.04 bits per heavy atom. The molecule has 0 bridgehead atoms. The Morgan fingerprint density at radius 2 is 1.75 bits per heavy atom. The summed E-state index contributed by atoms with van der Waals surface area (Å²) in [7, 11) is 0. The van der Waals surface area contributed by atoms with Gasteiger partial charge in [0, 0.05) is 44.1 Å². The van der Waals surface area contributed by atoms with Gasteiger partial charge in [-0.05, 0) is 50.2 Å². The van der Waals surface area contributed by atoms with Crippen LogP contribution in [0.15, 0.2) is 42.7 Å². The number of phenols is 1. The van der Waals surface area contributed by atoms with Crippen molar-refractivity contribution < 1.29 is 14.7 Å². The van der Waals surface area contributed by atoms with Crippen molar-refractivity contribution in [2.24, 2.45) is 0 Å². The van der Waals surface area contributed by atoms with E-state index in [2.05, 4.69) is 10.4 Å². The van der Waals surface area contributed by atoms with Crippen LogP contribution in [0, 0.1) is 0 Å². The Morgan fingerprint density at radius 3 is 2.39 bits per heavy atom. The molecule has 0 aliphatic carbocycles. The molecule has 0 spiro atoms. The van der Waals surface area contributed by atoms with Gasteiger partial charge in [-0.3, -0.25) is 14.3 Å². The maximum Gasteiger partial charge on any atom is 0.254 e. The molecule has 1 aromatic heterocycles. The molecular weight excluding hydrogens is 358 g/mol. The maximum absolute atomic E-state index is 13.5. The first-order chi connectivity index (χ1) is 13.6. The molecule has 28 heavy (non-hydrogen) atoms. The first kappa shape index (κ1) is 18.5. The van der Waals surface area contributed by atoms with Crippen molar-refractivity contribution in [3.63, 3.8) is 0 Å². The van der Waals surface area contributed by atoms with E-state index in [9.17, 15) is 14.7 Å². The molecule has 1 aromatic carbocycles. The number of piperidine rings is 1. The molecule has 2 aliphatic rings. The van der Waals surface area contributed by atoms with Crippen molar-refractivity contribution in [2.45, 2.75) is 18.4 Å². The van der Waals surface area contributed by atoms with Crippen LogP contribution in [0.2, 0.25) is 0 Å². The third kappa shape index (κ3) is 3.35. The molecule has 0 atom stereocenters. The van der Waals surface area contributed by atoms with Gasteiger partial charge in [-0.15, -0.1) is 0 Å². The van der Waals surface area contributed by atoms with Crippen LogP contribution < -0.4 is 5.32 Å². The molecule has 0 unspecified atom stereocenters. The number of benzene rings is 1. The van der Waals surface area contributed by atoms with E-state index in [4.69, 9.17) is 0 Å². The minimum Gasteiger partial charge on any atom is -0.508 e. The van der Waals surface area contributed by atoms with E-state index in [1.165, 1.54) is 6.07 Å². The van der Waals surface area contributed by atoms with Crippen molar-refractivity contribution >= 4 is 11.8 Å². The molecule has 2 N–H and O–H groups in total. The van der Waals surface area contributed by atoms with Crippen molar-refractivity contribution in [1.29, 1.82) is 0 Å². The minimum atomic E-state index is -0.647. The van der Waals surface area contributed by atoms with Crippen LogP contribution >= 0.6 is 0 Å². The molecule has 148 valence electrons. The molecule has 8 heteroatoms. The number of aromatic hydroxyl groups is 1. The molecule has 2 amide bonds. The Bertz CT molecular complexity index is 837. The molecule has 8 nitrogen and oxygen atoms in total. The topological polar surface area (TPSA) is 90.7 Å². The smallest absolute Gasteiger partial charge is 0.254 e. The number of hydrogen-bond acceptors (Lipinski definition) is 5. The molecule has 4 rings (SSSR count). The van der Waals surface area contributed by atoms with E-state index >= 15 is 0 Å². The number of rotatable bonds is 3. The van der Waals surface area contributed by atoms with Gasteiger partial charge in [-0.1, -0.05) is 6.07 Å². The Kier molecular flexibility index (Phi) is 5.04. The van der Waals surface area contributed by atoms with Gasteiger partial charge in [0.2, 0.25) is 0 Å². The van der Waals surface area contributed by atoms with Crippen LogP contribution in [0.3, 0.4) is 0 Å². The number of amides is 2. The summed E-state index contributed by atoms with van der Waals surface area (Å²) < 4.78 is 1.81. The second-order valence-corrected chi connectivity index (χ2v) is 7.37. The lowest BCUT2D eigenvalue weighted by molar-refractivity contribution is -0.144. The van der Waals surface area contributed by atoms with E-state index in [1.54, 1.807) is 34.0 Å². The Hall–Kier alpha value is -2.87. The van der Waals surface area contributed by atoms with E-state index in [0.717, 1.165) is 13.1 Å². The van der Waals surface area contributed by atoms with Gasteiger partial charge in [0.05, 0.1) is 0 Å². The van der Waals surface area contributed by atoms with Crippen LogP contribution in [0.1, 0.15) is 23.2 Å². The Labute approximate surface area is 163 Å². The lowest BCUT2D eigenvalue weighted by Crippen LogP contribution is -2.59. The normalized spacial score (nSPS) is 19.4. The predicted octanol–water partition coefficient (Wildman–Crippen LogP) is 0.652. The standard InChI is InChI=1S/C20H25N5O3/c26-17-4-1-3-16(15-17)18(27)23-11-13-24(14-12-23)19(28)20(5-8-21-9-6-20)25-10-2-7-22-25/h1-4,7,10,15,21,26H,5-6,8-9,11-14H2. The van der Waals surface area contributed by atoms with Gasteiger partial charge in [0.15, 0.2) is 0 Å². The summed E-state index contributed by atoms with van der Waals surface area (Å²) in [5.41, 5.74) is -0.183. The van der Waals surface area contributed by atoms with Crippen LogP contribution in [0.25, 0.3) is 0 Å². The van der Waals surface area contributed by atoms with Crippen molar-refractivity contribution in [3.05, 3.63) is 48.3 Å². The number of phenolic OH excluding ortho intramolecular Hbond substituents is 1. The highest BCUT2D eigenvalue weighted by atomic mass is 16.3. The zero-order valence-electron chi connectivity index (χ0n) is 15.8. The summed E-state index contributed by atoms with van der Waals surface area (Å²) in [5, 5.41) is 17.3. The van der Waals surface area contributed by atoms with Crippen molar-refractivity contribution in [1.82, 2.24) is 24.9 Å². The van der Waals surface area contributed by atoms with Gasteiger partial charge < -0.3 is 20.2 Å². The van der Waals surface area contributed by atoms with Gasteiger partial charge >= 0.3 is 0 Å². The van der Waals surface area contributed by atoms with Gasteiger partial charge in [0.25, 0.3) is 11.8 Å². The molecule has 3 heterocycles. The number of hydrogen-bond donors (Lipinski definition) is 2. The summed E-state index contributed by atoms with van der Waals surface area (Å²) in [6.07, 6.45) is 4.99. The van der Waals surface area contributed by atoms with Crippen LogP contribution in [-0.2, 0) is 10.3 Å². The van der Waals surface area contributed by atoms with E-state index in [0.29, 0.717) is 44.6 Å². The maximum atomic E-state index is 13.5. The average molecular weight is 383 g/mol. The molecule has 2 aliphatic heterocycles. The number of carbonyl (C=O) groups is 2. The number of aromatic nitrogens is 2. The lowest BCUT2D eigenvalue weighted by Gasteiger charge is -2.43. The van der Waals surface area contributed by atoms with Gasteiger partial charge in [-0.25, -0.2) is 0 Å². The quantitative estimate of drug-likeness (QED) is 0.812. The first-order valence-corrected chi connectivity index (χ1v) is 9.69. The Balaban J connectivity index is 1.45. The third-order valence-electron chi connectivity index (χ3n) is 5.72. The van der Waals surface area contributed by atoms with Gasteiger partial charge in [0.1, 0.15) is 11.3 Å². The number of nitrogens with one attached hydrogen (secondary N) is 1. The first-order valence-electron chi connectivity index (χ1n) is 9.69. The predicted molar refractivity (Wildman–Crippen MR) is 103 cm³/mol. The fraction of sp³-hybridized carbons (Fsp3) is 0.450. The SMILES string of the molecule is O=C(c1cccc(O)c1)N1CCN(C(=O)C2(n3cccn3)CCNCC2)CC1. The fourth-order valence-electron chi connectivity index (χ4n) is 4.13. The highest BCUT2D eigenvalue weighted by Crippen LogP contribution is 2.30. The number of piperazine rings is 1. The van der Waals surface area contributed by atoms with E-state index < -0.39 is 5.54 Å². The number of carbonyl (C=O) groups excluding carboxylic acids is 2. The molecule has 2 fully saturated rings. The van der Waals surface area contributed by atoms with Crippen molar-refractivity contribution in [2.75, 3.05) is 39.3 Å². The number of nitrogens with zero attached hydrogens (tertiary/aromatic N) is 4. The highest BCUT2D eigenvalue weighted by Gasteiger charge is 2.45. The fourth-order valence-corrected chi connectivity index (χ4v) is 4.13. The van der Waals surface area contributed by atoms with Gasteiger partial charge in [-0.2, -0.15) is 5.10 Å². The van der Waals surface area contributed by atoms with Crippen LogP contribution in [-0.4, -0.2) is 75.8 Å². The molecule has 0 saturated carbocycles. The highest BCUT2D eigenvalue weighted by molar-refractivity contribution is 5.95. The van der Waals surface area contributed by atoms with Crippen LogP contribution in [0.5, 0.6) is 5.75 Å². The second-order valence-electron chi connectivity index (χ2n) is 7.37. The zero-order chi connectivity index (χ0) is 19.6. The average Bonchev–Trinajstić information content (AvgIpc) is 3.29.